The van der Waals surface area contributed by atoms with E-state index in [1.807, 2.05) is 23.9 Å². The van der Waals surface area contributed by atoms with Gasteiger partial charge in [0.1, 0.15) is 23.0 Å². The van der Waals surface area contributed by atoms with Gasteiger partial charge in [-0.3, -0.25) is 0 Å². The number of rotatable bonds is 2. The maximum atomic E-state index is 6.53. The summed E-state index contributed by atoms with van der Waals surface area (Å²) in [6, 6.07) is 38.8. The first kappa shape index (κ1) is 22.4. The molecule has 0 amide bonds. The minimum Gasteiger partial charge on any atom is -0.458 e. The predicted molar refractivity (Wildman–Crippen MR) is 166 cm³/mol. The fraction of sp³-hybridized carbons (Fsp3) is 0.0556. The van der Waals surface area contributed by atoms with Gasteiger partial charge in [-0.1, -0.05) is 78.9 Å². The van der Waals surface area contributed by atoms with Gasteiger partial charge in [0.25, 0.3) is 6.71 Å². The minimum atomic E-state index is 0.0967. The van der Waals surface area contributed by atoms with Crippen molar-refractivity contribution in [2.75, 3.05) is 0 Å². The molecule has 9 rings (SSSR count). The van der Waals surface area contributed by atoms with Crippen molar-refractivity contribution >= 4 is 46.0 Å². The minimum absolute atomic E-state index is 0.0967. The molecular formula is C36H23BO2S. The Balaban J connectivity index is 1.14. The van der Waals surface area contributed by atoms with Gasteiger partial charge in [0.05, 0.1) is 0 Å². The molecule has 1 atom stereocenters. The molecule has 4 aliphatic rings. The summed E-state index contributed by atoms with van der Waals surface area (Å²) in [5, 5.41) is 0.520. The fourth-order valence-electron chi connectivity index (χ4n) is 6.64. The van der Waals surface area contributed by atoms with E-state index < -0.39 is 0 Å². The maximum Gasteiger partial charge on any atom is 0.260 e. The first-order chi connectivity index (χ1) is 19.8. The Morgan fingerprint density at radius 2 is 1.30 bits per heavy atom. The molecule has 2 nitrogen and oxygen atoms in total. The van der Waals surface area contributed by atoms with E-state index in [0.29, 0.717) is 5.25 Å². The Hall–Kier alpha value is -4.41. The highest BCUT2D eigenvalue weighted by molar-refractivity contribution is 8.00. The molecule has 5 aromatic carbocycles. The van der Waals surface area contributed by atoms with Crippen LogP contribution >= 0.6 is 11.8 Å². The molecule has 4 heteroatoms. The van der Waals surface area contributed by atoms with E-state index in [0.717, 1.165) is 46.0 Å². The highest BCUT2D eigenvalue weighted by atomic mass is 32.2. The Bertz CT molecular complexity index is 1870. The Kier molecular flexibility index (Phi) is 4.79. The van der Waals surface area contributed by atoms with Crippen LogP contribution in [0.25, 0.3) is 22.3 Å². The molecule has 0 bridgehead atoms. The second-order valence-electron chi connectivity index (χ2n) is 10.8. The summed E-state index contributed by atoms with van der Waals surface area (Å²) in [5.74, 6) is 3.57. The van der Waals surface area contributed by atoms with Crippen molar-refractivity contribution in [3.05, 3.63) is 132 Å². The van der Waals surface area contributed by atoms with Gasteiger partial charge in [-0.2, -0.15) is 0 Å². The Morgan fingerprint density at radius 1 is 0.625 bits per heavy atom. The third-order valence-corrected chi connectivity index (χ3v) is 9.84. The molecule has 0 saturated heterocycles. The predicted octanol–water partition coefficient (Wildman–Crippen LogP) is 7.43. The van der Waals surface area contributed by atoms with Crippen molar-refractivity contribution in [2.45, 2.75) is 16.6 Å². The number of hydrogen-bond donors (Lipinski definition) is 0. The zero-order chi connectivity index (χ0) is 26.2. The molecule has 0 aromatic heterocycles. The molecule has 1 aliphatic carbocycles. The van der Waals surface area contributed by atoms with E-state index in [-0.39, 0.29) is 6.71 Å². The molecule has 5 aromatic rings. The van der Waals surface area contributed by atoms with E-state index >= 15 is 0 Å². The second-order valence-corrected chi connectivity index (χ2v) is 12.0. The molecule has 0 radical (unpaired) electrons. The van der Waals surface area contributed by atoms with Gasteiger partial charge in [0, 0.05) is 15.6 Å². The van der Waals surface area contributed by atoms with Crippen LogP contribution < -0.4 is 25.9 Å². The fourth-order valence-corrected chi connectivity index (χ4v) is 7.94. The molecule has 1 unspecified atom stereocenters. The summed E-state index contributed by atoms with van der Waals surface area (Å²) < 4.78 is 13.1. The number of hydrogen-bond acceptors (Lipinski definition) is 3. The van der Waals surface area contributed by atoms with Crippen molar-refractivity contribution < 1.29 is 9.47 Å². The Morgan fingerprint density at radius 3 is 2.08 bits per heavy atom. The third kappa shape index (κ3) is 3.33. The second kappa shape index (κ2) is 8.55. The van der Waals surface area contributed by atoms with Crippen LogP contribution in [0.3, 0.4) is 0 Å². The first-order valence-corrected chi connectivity index (χ1v) is 14.7. The van der Waals surface area contributed by atoms with Crippen LogP contribution in [0.4, 0.5) is 0 Å². The summed E-state index contributed by atoms with van der Waals surface area (Å²) in [6.45, 7) is 0.0967. The Labute approximate surface area is 238 Å². The van der Waals surface area contributed by atoms with E-state index in [4.69, 9.17) is 9.47 Å². The summed E-state index contributed by atoms with van der Waals surface area (Å²) in [7, 11) is 0. The number of fused-ring (bicyclic) bond motifs is 7. The number of para-hydroxylation sites is 2. The first-order valence-electron chi connectivity index (χ1n) is 13.8. The van der Waals surface area contributed by atoms with Crippen molar-refractivity contribution in [3.8, 4) is 34.1 Å². The highest BCUT2D eigenvalue weighted by Crippen LogP contribution is 2.49. The van der Waals surface area contributed by atoms with Gasteiger partial charge in [-0.05, 0) is 93.2 Å². The van der Waals surface area contributed by atoms with Crippen LogP contribution in [0.15, 0.2) is 126 Å². The quantitative estimate of drug-likeness (QED) is 0.217. The smallest absolute Gasteiger partial charge is 0.260 e. The monoisotopic (exact) mass is 530 g/mol. The molecular weight excluding hydrogens is 507 g/mol. The summed E-state index contributed by atoms with van der Waals surface area (Å²) in [6.07, 6.45) is 5.84. The molecule has 3 heterocycles. The van der Waals surface area contributed by atoms with Crippen LogP contribution in [0, 0.1) is 0 Å². The largest absolute Gasteiger partial charge is 0.458 e. The van der Waals surface area contributed by atoms with Crippen LogP contribution in [0.5, 0.6) is 23.0 Å². The van der Waals surface area contributed by atoms with Gasteiger partial charge in [-0.15, -0.1) is 11.8 Å². The van der Waals surface area contributed by atoms with Gasteiger partial charge in [-0.25, -0.2) is 0 Å². The number of allylic oxidation sites excluding steroid dienone is 3. The molecule has 0 spiro atoms. The lowest BCUT2D eigenvalue weighted by Crippen LogP contribution is -2.57. The lowest BCUT2D eigenvalue weighted by Gasteiger charge is -2.33. The van der Waals surface area contributed by atoms with E-state index in [1.165, 1.54) is 38.1 Å². The maximum absolute atomic E-state index is 6.53. The molecule has 0 N–H and O–H groups in total. The van der Waals surface area contributed by atoms with Gasteiger partial charge < -0.3 is 9.47 Å². The normalized spacial score (nSPS) is 17.2. The van der Waals surface area contributed by atoms with Gasteiger partial charge in [0.2, 0.25) is 0 Å². The molecule has 0 saturated carbocycles. The van der Waals surface area contributed by atoms with Crippen LogP contribution in [-0.4, -0.2) is 12.0 Å². The summed E-state index contributed by atoms with van der Waals surface area (Å²) in [5.41, 5.74) is 11.1. The lowest BCUT2D eigenvalue weighted by atomic mass is 9.35. The zero-order valence-electron chi connectivity index (χ0n) is 21.6. The van der Waals surface area contributed by atoms with Crippen LogP contribution in [-0.2, 0) is 0 Å². The lowest BCUT2D eigenvalue weighted by molar-refractivity contribution is 0.465. The standard InChI is InChI=1S/C36H23BO2S/c1-6-15-34-26(10-1)27-19-24(16-17-35(27)40-34)22-8-7-9-23(18-22)25-20-32-36-33(21-25)39-31-14-5-3-12-29(31)37(36)28-11-2-4-13-30(28)38-32/h1-16,18-21,35H,17H2. The van der Waals surface area contributed by atoms with Crippen molar-refractivity contribution in [3.63, 3.8) is 0 Å². The summed E-state index contributed by atoms with van der Waals surface area (Å²) >= 11 is 1.99. The zero-order valence-corrected chi connectivity index (χ0v) is 22.5. The third-order valence-electron chi connectivity index (χ3n) is 8.50. The number of ether oxygens (including phenoxy) is 2. The van der Waals surface area contributed by atoms with Crippen LogP contribution in [0.1, 0.15) is 17.5 Å². The average Bonchev–Trinajstić information content (AvgIpc) is 3.39. The van der Waals surface area contributed by atoms with E-state index in [1.54, 1.807) is 0 Å². The molecule has 3 aliphatic heterocycles. The molecule has 40 heavy (non-hydrogen) atoms. The molecule has 0 fully saturated rings. The number of thioether (sulfide) groups is 1. The topological polar surface area (TPSA) is 18.5 Å². The molecule has 188 valence electrons. The van der Waals surface area contributed by atoms with Gasteiger partial charge >= 0.3 is 0 Å². The highest BCUT2D eigenvalue weighted by Gasteiger charge is 2.40. The van der Waals surface area contributed by atoms with E-state index in [9.17, 15) is 0 Å². The summed E-state index contributed by atoms with van der Waals surface area (Å²) in [4.78, 5) is 1.40. The van der Waals surface area contributed by atoms with Crippen molar-refractivity contribution in [2.24, 2.45) is 0 Å². The number of benzene rings is 5. The SMILES string of the molecule is C1=C(c2cccc(-c3cc4c5c(c3)Oc3ccccc3B5c3ccccc3O4)c2)C=C2c3ccccc3SC2C1. The van der Waals surface area contributed by atoms with Crippen molar-refractivity contribution in [1.82, 2.24) is 0 Å². The average molecular weight is 530 g/mol. The van der Waals surface area contributed by atoms with Gasteiger partial charge in [0.15, 0.2) is 0 Å². The van der Waals surface area contributed by atoms with E-state index in [2.05, 4.69) is 109 Å². The van der Waals surface area contributed by atoms with Crippen molar-refractivity contribution in [1.29, 1.82) is 0 Å². The van der Waals surface area contributed by atoms with Crippen LogP contribution in [0.2, 0.25) is 0 Å².